The Balaban J connectivity index is 1.48. The number of amides is 4. The molecule has 2 aliphatic rings. The van der Waals surface area contributed by atoms with Crippen LogP contribution >= 0.6 is 11.6 Å². The highest BCUT2D eigenvalue weighted by Gasteiger charge is 2.52. The number of carbonyl (C=O) groups is 4. The van der Waals surface area contributed by atoms with Crippen LogP contribution in [0.15, 0.2) is 24.3 Å². The summed E-state index contributed by atoms with van der Waals surface area (Å²) in [5.74, 6) is -1.45. The molecule has 3 rings (SSSR count). The first-order valence-corrected chi connectivity index (χ1v) is 9.58. The fraction of sp³-hybridized carbons (Fsp3) is 0.474. The van der Waals surface area contributed by atoms with Gasteiger partial charge in [-0.1, -0.05) is 30.5 Å². The molecule has 1 aromatic rings. The molecule has 1 heterocycles. The number of ether oxygens (including phenoxy) is 1. The summed E-state index contributed by atoms with van der Waals surface area (Å²) in [5.41, 5.74) is -0.313. The van der Waals surface area contributed by atoms with Crippen LogP contribution in [0.3, 0.4) is 0 Å². The quantitative estimate of drug-likeness (QED) is 0.556. The van der Waals surface area contributed by atoms with Gasteiger partial charge in [0.15, 0.2) is 6.10 Å². The second-order valence-electron chi connectivity index (χ2n) is 7.06. The number of halogens is 1. The molecule has 0 radical (unpaired) electrons. The fourth-order valence-electron chi connectivity index (χ4n) is 3.52. The molecule has 4 amide bonds. The number of urea groups is 1. The molecule has 2 N–H and O–H groups in total. The number of esters is 1. The lowest BCUT2D eigenvalue weighted by atomic mass is 9.98. The van der Waals surface area contributed by atoms with E-state index in [9.17, 15) is 19.2 Å². The van der Waals surface area contributed by atoms with E-state index in [4.69, 9.17) is 16.3 Å². The number of rotatable bonds is 6. The lowest BCUT2D eigenvalue weighted by molar-refractivity contribution is -0.153. The predicted octanol–water partition coefficient (Wildman–Crippen LogP) is 2.46. The van der Waals surface area contributed by atoms with Crippen LogP contribution in [-0.4, -0.2) is 46.9 Å². The first kappa shape index (κ1) is 20.1. The second-order valence-corrected chi connectivity index (χ2v) is 7.49. The Labute approximate surface area is 167 Å². The van der Waals surface area contributed by atoms with Gasteiger partial charge < -0.3 is 15.4 Å². The van der Waals surface area contributed by atoms with E-state index in [1.807, 2.05) is 0 Å². The molecule has 1 atom stereocenters. The Morgan fingerprint density at radius 1 is 1.32 bits per heavy atom. The van der Waals surface area contributed by atoms with E-state index in [1.54, 1.807) is 24.3 Å². The molecule has 1 saturated carbocycles. The van der Waals surface area contributed by atoms with Crippen LogP contribution < -0.4 is 10.6 Å². The number of nitrogens with zero attached hydrogens (tertiary/aromatic N) is 1. The number of benzene rings is 1. The maximum atomic E-state index is 12.5. The first-order valence-electron chi connectivity index (χ1n) is 9.21. The summed E-state index contributed by atoms with van der Waals surface area (Å²) in [6.45, 7) is 1.37. The van der Waals surface area contributed by atoms with Gasteiger partial charge in [-0.3, -0.25) is 19.3 Å². The molecule has 0 bridgehead atoms. The minimum absolute atomic E-state index is 0.0755. The van der Waals surface area contributed by atoms with Gasteiger partial charge in [0.2, 0.25) is 0 Å². The number of hydrogen-bond donors (Lipinski definition) is 2. The fourth-order valence-corrected chi connectivity index (χ4v) is 3.71. The van der Waals surface area contributed by atoms with Crippen molar-refractivity contribution >= 4 is 41.1 Å². The van der Waals surface area contributed by atoms with E-state index in [2.05, 4.69) is 10.6 Å². The molecule has 0 aromatic heterocycles. The average Bonchev–Trinajstić information content (AvgIpc) is 3.19. The SMILES string of the molecule is C[C@H](OC(=O)CCN1C(=O)NC2(CCCC2)C1=O)C(=O)Nc1cccc(Cl)c1. The Kier molecular flexibility index (Phi) is 5.88. The number of carbonyl (C=O) groups excluding carboxylic acids is 4. The molecular formula is C19H22ClN3O5. The zero-order chi connectivity index (χ0) is 20.3. The van der Waals surface area contributed by atoms with Crippen LogP contribution in [0.1, 0.15) is 39.0 Å². The van der Waals surface area contributed by atoms with Crippen molar-refractivity contribution in [2.75, 3.05) is 11.9 Å². The smallest absolute Gasteiger partial charge is 0.325 e. The Hall–Kier alpha value is -2.61. The molecule has 8 nitrogen and oxygen atoms in total. The average molecular weight is 408 g/mol. The number of imide groups is 1. The van der Waals surface area contributed by atoms with Gasteiger partial charge in [-0.05, 0) is 38.0 Å². The molecule has 1 spiro atoms. The molecule has 9 heteroatoms. The normalized spacial score (nSPS) is 18.9. The minimum Gasteiger partial charge on any atom is -0.452 e. The topological polar surface area (TPSA) is 105 Å². The molecular weight excluding hydrogens is 386 g/mol. The summed E-state index contributed by atoms with van der Waals surface area (Å²) in [7, 11) is 0. The molecule has 28 heavy (non-hydrogen) atoms. The van der Waals surface area contributed by atoms with Gasteiger partial charge in [0, 0.05) is 17.3 Å². The highest BCUT2D eigenvalue weighted by molar-refractivity contribution is 6.30. The van der Waals surface area contributed by atoms with Crippen molar-refractivity contribution in [3.63, 3.8) is 0 Å². The van der Waals surface area contributed by atoms with Gasteiger partial charge in [-0.2, -0.15) is 0 Å². The minimum atomic E-state index is -1.03. The maximum Gasteiger partial charge on any atom is 0.325 e. The van der Waals surface area contributed by atoms with E-state index in [0.717, 1.165) is 17.7 Å². The van der Waals surface area contributed by atoms with E-state index < -0.39 is 29.6 Å². The third kappa shape index (κ3) is 4.27. The summed E-state index contributed by atoms with van der Waals surface area (Å²) in [5, 5.41) is 5.83. The molecule has 1 saturated heterocycles. The standard InChI is InChI=1S/C19H22ClN3O5/c1-12(16(25)21-14-6-4-5-13(20)11-14)28-15(24)7-10-23-17(26)19(22-18(23)27)8-2-3-9-19/h4-6,11-12H,2-3,7-10H2,1H3,(H,21,25)(H,22,27)/t12-/m0/s1. The maximum absolute atomic E-state index is 12.5. The lowest BCUT2D eigenvalue weighted by Gasteiger charge is -2.20. The van der Waals surface area contributed by atoms with Gasteiger partial charge in [0.1, 0.15) is 5.54 Å². The van der Waals surface area contributed by atoms with Crippen LogP contribution in [0.5, 0.6) is 0 Å². The summed E-state index contributed by atoms with van der Waals surface area (Å²) in [6.07, 6.45) is 1.82. The van der Waals surface area contributed by atoms with Crippen LogP contribution in [0.4, 0.5) is 10.5 Å². The molecule has 1 aliphatic carbocycles. The van der Waals surface area contributed by atoms with Crippen LogP contribution in [0.25, 0.3) is 0 Å². The molecule has 1 aromatic carbocycles. The van der Waals surface area contributed by atoms with Crippen molar-refractivity contribution in [3.8, 4) is 0 Å². The van der Waals surface area contributed by atoms with Crippen LogP contribution in [0.2, 0.25) is 5.02 Å². The van der Waals surface area contributed by atoms with Gasteiger partial charge in [0.05, 0.1) is 6.42 Å². The number of hydrogen-bond acceptors (Lipinski definition) is 5. The highest BCUT2D eigenvalue weighted by Crippen LogP contribution is 2.35. The van der Waals surface area contributed by atoms with Crippen LogP contribution in [0, 0.1) is 0 Å². The van der Waals surface area contributed by atoms with E-state index in [-0.39, 0.29) is 18.9 Å². The van der Waals surface area contributed by atoms with E-state index in [1.165, 1.54) is 6.92 Å². The second kappa shape index (κ2) is 8.18. The molecule has 0 unspecified atom stereocenters. The predicted molar refractivity (Wildman–Crippen MR) is 102 cm³/mol. The van der Waals surface area contributed by atoms with Crippen LogP contribution in [-0.2, 0) is 19.1 Å². The zero-order valence-corrected chi connectivity index (χ0v) is 16.3. The number of anilines is 1. The first-order chi connectivity index (χ1) is 13.3. The number of nitrogens with one attached hydrogen (secondary N) is 2. The van der Waals surface area contributed by atoms with Crippen molar-refractivity contribution < 1.29 is 23.9 Å². The third-order valence-corrected chi connectivity index (χ3v) is 5.25. The molecule has 2 fully saturated rings. The van der Waals surface area contributed by atoms with Crippen molar-refractivity contribution in [1.29, 1.82) is 0 Å². The van der Waals surface area contributed by atoms with E-state index in [0.29, 0.717) is 23.6 Å². The monoisotopic (exact) mass is 407 g/mol. The van der Waals surface area contributed by atoms with Crippen molar-refractivity contribution in [2.24, 2.45) is 0 Å². The summed E-state index contributed by atoms with van der Waals surface area (Å²) >= 11 is 5.86. The Bertz CT molecular complexity index is 807. The zero-order valence-electron chi connectivity index (χ0n) is 15.5. The van der Waals surface area contributed by atoms with Gasteiger partial charge >= 0.3 is 12.0 Å². The molecule has 1 aliphatic heterocycles. The molecule has 150 valence electrons. The van der Waals surface area contributed by atoms with Crippen molar-refractivity contribution in [1.82, 2.24) is 10.2 Å². The summed E-state index contributed by atoms with van der Waals surface area (Å²) < 4.78 is 5.11. The summed E-state index contributed by atoms with van der Waals surface area (Å²) in [6, 6.07) is 6.11. The van der Waals surface area contributed by atoms with Gasteiger partial charge in [-0.15, -0.1) is 0 Å². The van der Waals surface area contributed by atoms with Gasteiger partial charge in [-0.25, -0.2) is 4.79 Å². The Morgan fingerprint density at radius 3 is 2.71 bits per heavy atom. The van der Waals surface area contributed by atoms with Crippen molar-refractivity contribution in [3.05, 3.63) is 29.3 Å². The highest BCUT2D eigenvalue weighted by atomic mass is 35.5. The Morgan fingerprint density at radius 2 is 2.04 bits per heavy atom. The van der Waals surface area contributed by atoms with Gasteiger partial charge in [0.25, 0.3) is 11.8 Å². The van der Waals surface area contributed by atoms with E-state index >= 15 is 0 Å². The van der Waals surface area contributed by atoms with Crippen molar-refractivity contribution in [2.45, 2.75) is 50.7 Å². The third-order valence-electron chi connectivity index (χ3n) is 5.01. The summed E-state index contributed by atoms with van der Waals surface area (Å²) in [4.78, 5) is 49.9. The lowest BCUT2D eigenvalue weighted by Crippen LogP contribution is -2.44. The largest absolute Gasteiger partial charge is 0.452 e.